The Balaban J connectivity index is 2.09. The van der Waals surface area contributed by atoms with Gasteiger partial charge in [0, 0.05) is 6.04 Å². The number of anilines is 1. The molecule has 212 valence electrons. The van der Waals surface area contributed by atoms with Crippen LogP contribution in [0, 0.1) is 26.7 Å². The molecule has 1 saturated carbocycles. The summed E-state index contributed by atoms with van der Waals surface area (Å²) in [6.07, 6.45) is 1.86. The SMILES string of the molecule is Cc1ccc(C)c(C(C(=O)Nc2c(C)cccc2Cl)N(C(=O)C(NC(=O)OC(C)(C)C)C(C)C)C2CCC2)c1. The third-order valence-electron chi connectivity index (χ3n) is 7.05. The molecule has 8 heteroatoms. The molecule has 3 amide bonds. The first-order chi connectivity index (χ1) is 18.2. The van der Waals surface area contributed by atoms with Gasteiger partial charge in [-0.1, -0.05) is 61.3 Å². The molecule has 0 aromatic heterocycles. The average Bonchev–Trinajstić information content (AvgIpc) is 2.78. The fourth-order valence-electron chi connectivity index (χ4n) is 4.75. The number of hydrogen-bond donors (Lipinski definition) is 2. The molecule has 0 spiro atoms. The van der Waals surface area contributed by atoms with Crippen molar-refractivity contribution < 1.29 is 19.1 Å². The number of halogens is 1. The Bertz CT molecular complexity index is 1200. The number of para-hydroxylation sites is 1. The zero-order valence-electron chi connectivity index (χ0n) is 24.4. The fraction of sp³-hybridized carbons (Fsp3) is 0.516. The average molecular weight is 556 g/mol. The van der Waals surface area contributed by atoms with E-state index in [0.717, 1.165) is 41.5 Å². The van der Waals surface area contributed by atoms with Crippen LogP contribution in [-0.2, 0) is 14.3 Å². The zero-order chi connectivity index (χ0) is 29.1. The molecule has 0 radical (unpaired) electrons. The van der Waals surface area contributed by atoms with Gasteiger partial charge < -0.3 is 20.3 Å². The van der Waals surface area contributed by atoms with Crippen molar-refractivity contribution in [1.29, 1.82) is 0 Å². The van der Waals surface area contributed by atoms with Gasteiger partial charge in [0.1, 0.15) is 17.7 Å². The van der Waals surface area contributed by atoms with E-state index in [-0.39, 0.29) is 23.8 Å². The molecule has 0 saturated heterocycles. The van der Waals surface area contributed by atoms with Crippen LogP contribution in [0.25, 0.3) is 0 Å². The molecular formula is C31H42ClN3O4. The Morgan fingerprint density at radius 1 is 1.03 bits per heavy atom. The van der Waals surface area contributed by atoms with Crippen molar-refractivity contribution in [2.75, 3.05) is 5.32 Å². The largest absolute Gasteiger partial charge is 0.444 e. The molecule has 1 aliphatic rings. The molecular weight excluding hydrogens is 514 g/mol. The lowest BCUT2D eigenvalue weighted by Crippen LogP contribution is -2.58. The number of rotatable bonds is 8. The lowest BCUT2D eigenvalue weighted by molar-refractivity contribution is -0.146. The van der Waals surface area contributed by atoms with Crippen LogP contribution in [0.1, 0.15) is 82.2 Å². The van der Waals surface area contributed by atoms with Crippen LogP contribution in [0.3, 0.4) is 0 Å². The number of carbonyl (C=O) groups excluding carboxylic acids is 3. The van der Waals surface area contributed by atoms with Crippen molar-refractivity contribution >= 4 is 35.2 Å². The van der Waals surface area contributed by atoms with E-state index in [1.54, 1.807) is 31.7 Å². The molecule has 3 rings (SSSR count). The van der Waals surface area contributed by atoms with Gasteiger partial charge in [-0.15, -0.1) is 0 Å². The highest BCUT2D eigenvalue weighted by atomic mass is 35.5. The number of ether oxygens (including phenoxy) is 1. The number of amides is 3. The van der Waals surface area contributed by atoms with Gasteiger partial charge in [0.2, 0.25) is 5.91 Å². The van der Waals surface area contributed by atoms with Gasteiger partial charge in [0.05, 0.1) is 10.7 Å². The standard InChI is InChI=1S/C31H42ClN3O4/c1-18(2)25(34-30(38)39-31(6,7)8)29(37)35(22-12-10-13-22)27(23-17-19(3)15-16-20(23)4)28(36)33-26-21(5)11-9-14-24(26)32/h9,11,14-18,22,25,27H,10,12-13H2,1-8H3,(H,33,36)(H,34,38). The predicted octanol–water partition coefficient (Wildman–Crippen LogP) is 6.88. The number of alkyl carbamates (subject to hydrolysis) is 1. The van der Waals surface area contributed by atoms with Crippen LogP contribution in [0.2, 0.25) is 5.02 Å². The van der Waals surface area contributed by atoms with Crippen LogP contribution in [0.15, 0.2) is 36.4 Å². The fourth-order valence-corrected chi connectivity index (χ4v) is 5.01. The maximum atomic E-state index is 14.4. The van der Waals surface area contributed by atoms with Crippen molar-refractivity contribution in [3.05, 3.63) is 63.7 Å². The van der Waals surface area contributed by atoms with Crippen LogP contribution in [-0.4, -0.2) is 40.5 Å². The van der Waals surface area contributed by atoms with Gasteiger partial charge in [0.25, 0.3) is 5.91 Å². The quantitative estimate of drug-likeness (QED) is 0.372. The minimum Gasteiger partial charge on any atom is -0.444 e. The van der Waals surface area contributed by atoms with Gasteiger partial charge in [0.15, 0.2) is 0 Å². The molecule has 2 N–H and O–H groups in total. The summed E-state index contributed by atoms with van der Waals surface area (Å²) in [6.45, 7) is 14.9. The monoisotopic (exact) mass is 555 g/mol. The second-order valence-corrected chi connectivity index (χ2v) is 12.3. The number of carbonyl (C=O) groups is 3. The third kappa shape index (κ3) is 7.53. The Kier molecular flexibility index (Phi) is 9.70. The number of nitrogens with one attached hydrogen (secondary N) is 2. The van der Waals surface area contributed by atoms with Crippen molar-refractivity contribution in [2.45, 2.75) is 98.4 Å². The predicted molar refractivity (Wildman–Crippen MR) is 156 cm³/mol. The molecule has 2 aromatic carbocycles. The summed E-state index contributed by atoms with van der Waals surface area (Å²) in [5, 5.41) is 6.24. The van der Waals surface area contributed by atoms with E-state index >= 15 is 0 Å². The highest BCUT2D eigenvalue weighted by Crippen LogP contribution is 2.37. The summed E-state index contributed by atoms with van der Waals surface area (Å²) in [4.78, 5) is 43.0. The molecule has 2 aromatic rings. The first kappa shape index (κ1) is 30.5. The summed E-state index contributed by atoms with van der Waals surface area (Å²) in [7, 11) is 0. The molecule has 7 nitrogen and oxygen atoms in total. The van der Waals surface area contributed by atoms with Crippen LogP contribution < -0.4 is 10.6 Å². The van der Waals surface area contributed by atoms with Crippen LogP contribution in [0.4, 0.5) is 10.5 Å². The van der Waals surface area contributed by atoms with Crippen LogP contribution in [0.5, 0.6) is 0 Å². The third-order valence-corrected chi connectivity index (χ3v) is 7.37. The van der Waals surface area contributed by atoms with Gasteiger partial charge in [-0.2, -0.15) is 0 Å². The normalized spacial score (nSPS) is 15.2. The lowest BCUT2D eigenvalue weighted by Gasteiger charge is -2.44. The van der Waals surface area contributed by atoms with E-state index in [9.17, 15) is 14.4 Å². The Morgan fingerprint density at radius 2 is 1.69 bits per heavy atom. The number of nitrogens with zero attached hydrogens (tertiary/aromatic N) is 1. The maximum absolute atomic E-state index is 14.4. The van der Waals surface area contributed by atoms with Crippen molar-refractivity contribution in [3.8, 4) is 0 Å². The van der Waals surface area contributed by atoms with Gasteiger partial charge in [-0.05, 0) is 89.5 Å². The summed E-state index contributed by atoms with van der Waals surface area (Å²) in [5.41, 5.74) is 3.26. The molecule has 1 aliphatic carbocycles. The van der Waals surface area contributed by atoms with E-state index in [2.05, 4.69) is 10.6 Å². The lowest BCUT2D eigenvalue weighted by atomic mass is 9.86. The van der Waals surface area contributed by atoms with Crippen molar-refractivity contribution in [2.24, 2.45) is 5.92 Å². The Morgan fingerprint density at radius 3 is 2.23 bits per heavy atom. The molecule has 0 heterocycles. The number of hydrogen-bond acceptors (Lipinski definition) is 4. The molecule has 39 heavy (non-hydrogen) atoms. The van der Waals surface area contributed by atoms with Crippen molar-refractivity contribution in [3.63, 3.8) is 0 Å². The Labute approximate surface area is 237 Å². The molecule has 2 unspecified atom stereocenters. The first-order valence-corrected chi connectivity index (χ1v) is 14.0. The summed E-state index contributed by atoms with van der Waals surface area (Å²) in [6, 6.07) is 9.43. The maximum Gasteiger partial charge on any atom is 0.408 e. The number of aryl methyl sites for hydroxylation is 3. The summed E-state index contributed by atoms with van der Waals surface area (Å²) in [5.74, 6) is -0.891. The van der Waals surface area contributed by atoms with Gasteiger partial charge in [-0.3, -0.25) is 9.59 Å². The van der Waals surface area contributed by atoms with Crippen LogP contribution >= 0.6 is 11.6 Å². The highest BCUT2D eigenvalue weighted by Gasteiger charge is 2.43. The highest BCUT2D eigenvalue weighted by molar-refractivity contribution is 6.34. The van der Waals surface area contributed by atoms with E-state index in [0.29, 0.717) is 10.7 Å². The van der Waals surface area contributed by atoms with E-state index < -0.39 is 23.8 Å². The minimum atomic E-state index is -0.917. The van der Waals surface area contributed by atoms with Crippen molar-refractivity contribution in [1.82, 2.24) is 10.2 Å². The summed E-state index contributed by atoms with van der Waals surface area (Å²) >= 11 is 6.47. The molecule has 0 bridgehead atoms. The minimum absolute atomic E-state index is 0.137. The topological polar surface area (TPSA) is 87.7 Å². The van der Waals surface area contributed by atoms with E-state index in [1.807, 2.05) is 65.0 Å². The van der Waals surface area contributed by atoms with E-state index in [4.69, 9.17) is 16.3 Å². The van der Waals surface area contributed by atoms with Gasteiger partial charge in [-0.25, -0.2) is 4.79 Å². The molecule has 0 aliphatic heterocycles. The van der Waals surface area contributed by atoms with E-state index in [1.165, 1.54) is 0 Å². The first-order valence-electron chi connectivity index (χ1n) is 13.6. The van der Waals surface area contributed by atoms with Gasteiger partial charge >= 0.3 is 6.09 Å². The smallest absolute Gasteiger partial charge is 0.408 e. The zero-order valence-corrected chi connectivity index (χ0v) is 25.1. The second-order valence-electron chi connectivity index (χ2n) is 11.9. The Hall–Kier alpha value is -3.06. The second kappa shape index (κ2) is 12.4. The summed E-state index contributed by atoms with van der Waals surface area (Å²) < 4.78 is 5.47. The molecule has 1 fully saturated rings. The number of benzene rings is 2. The molecule has 2 atom stereocenters.